The minimum absolute atomic E-state index is 0.185. The molecule has 2 amide bonds. The summed E-state index contributed by atoms with van der Waals surface area (Å²) in [5.74, 6) is 0.219. The van der Waals surface area contributed by atoms with Crippen LogP contribution in [0.2, 0.25) is 0 Å². The maximum Gasteiger partial charge on any atom is 0.233 e. The molecule has 2 N–H and O–H groups in total. The van der Waals surface area contributed by atoms with Crippen LogP contribution in [0, 0.1) is 20.8 Å². The van der Waals surface area contributed by atoms with Crippen molar-refractivity contribution in [3.8, 4) is 5.75 Å². The largest absolute Gasteiger partial charge is 0.497 e. The van der Waals surface area contributed by atoms with E-state index in [4.69, 9.17) is 4.74 Å². The molecule has 0 unspecified atom stereocenters. The third kappa shape index (κ3) is 5.62. The standard InChI is InChI=1S/C21H26N2O3/c1-14-11-15(2)21(16(3)12-14)23-20(25)13-19(24)22-10-9-17-5-7-18(26-4)8-6-17/h5-8,11-12H,9-10,13H2,1-4H3,(H,22,24)(H,23,25). The van der Waals surface area contributed by atoms with Crippen LogP contribution in [0.5, 0.6) is 5.75 Å². The van der Waals surface area contributed by atoms with Crippen molar-refractivity contribution in [3.63, 3.8) is 0 Å². The number of carbonyl (C=O) groups is 2. The van der Waals surface area contributed by atoms with Crippen molar-refractivity contribution >= 4 is 17.5 Å². The van der Waals surface area contributed by atoms with E-state index in [1.54, 1.807) is 7.11 Å². The first kappa shape index (κ1) is 19.5. The number of nitrogens with one attached hydrogen (secondary N) is 2. The Labute approximate surface area is 154 Å². The van der Waals surface area contributed by atoms with Gasteiger partial charge in [-0.25, -0.2) is 0 Å². The molecule has 26 heavy (non-hydrogen) atoms. The van der Waals surface area contributed by atoms with Crippen LogP contribution in [0.3, 0.4) is 0 Å². The number of hydrogen-bond acceptors (Lipinski definition) is 3. The summed E-state index contributed by atoms with van der Waals surface area (Å²) in [6.07, 6.45) is 0.517. The second kappa shape index (κ2) is 9.04. The molecule has 0 aliphatic rings. The minimum Gasteiger partial charge on any atom is -0.497 e. The van der Waals surface area contributed by atoms with Gasteiger partial charge in [0, 0.05) is 12.2 Å². The zero-order valence-electron chi connectivity index (χ0n) is 15.8. The van der Waals surface area contributed by atoms with Crippen LogP contribution < -0.4 is 15.4 Å². The lowest BCUT2D eigenvalue weighted by Gasteiger charge is -2.13. The molecule has 5 heteroatoms. The summed E-state index contributed by atoms with van der Waals surface area (Å²) in [6, 6.07) is 11.7. The van der Waals surface area contributed by atoms with Crippen molar-refractivity contribution in [1.29, 1.82) is 0 Å². The first-order chi connectivity index (χ1) is 12.4. The first-order valence-electron chi connectivity index (χ1n) is 8.66. The molecule has 0 atom stereocenters. The molecule has 2 aromatic rings. The number of hydrogen-bond donors (Lipinski definition) is 2. The van der Waals surface area contributed by atoms with Gasteiger partial charge in [-0.2, -0.15) is 0 Å². The smallest absolute Gasteiger partial charge is 0.233 e. The van der Waals surface area contributed by atoms with Gasteiger partial charge in [-0.3, -0.25) is 9.59 Å². The number of amides is 2. The van der Waals surface area contributed by atoms with E-state index in [1.165, 1.54) is 0 Å². The zero-order chi connectivity index (χ0) is 19.1. The highest BCUT2D eigenvalue weighted by atomic mass is 16.5. The monoisotopic (exact) mass is 354 g/mol. The first-order valence-corrected chi connectivity index (χ1v) is 8.66. The van der Waals surface area contributed by atoms with Crippen molar-refractivity contribution in [3.05, 3.63) is 58.7 Å². The molecule has 0 aliphatic heterocycles. The Morgan fingerprint density at radius 1 is 0.962 bits per heavy atom. The number of ether oxygens (including phenoxy) is 1. The molecule has 0 fully saturated rings. The number of aryl methyl sites for hydroxylation is 3. The molecular weight excluding hydrogens is 328 g/mol. The summed E-state index contributed by atoms with van der Waals surface area (Å²) in [7, 11) is 1.62. The third-order valence-electron chi connectivity index (χ3n) is 4.16. The Bertz CT molecular complexity index is 759. The average molecular weight is 354 g/mol. The van der Waals surface area contributed by atoms with E-state index in [1.807, 2.05) is 57.2 Å². The van der Waals surface area contributed by atoms with Gasteiger partial charge >= 0.3 is 0 Å². The molecule has 0 aliphatic carbocycles. The molecule has 0 heterocycles. The molecule has 2 aromatic carbocycles. The molecule has 0 radical (unpaired) electrons. The minimum atomic E-state index is -0.304. The molecule has 0 spiro atoms. The van der Waals surface area contributed by atoms with E-state index in [9.17, 15) is 9.59 Å². The zero-order valence-corrected chi connectivity index (χ0v) is 15.8. The van der Waals surface area contributed by atoms with Gasteiger partial charge in [-0.05, 0) is 56.0 Å². The summed E-state index contributed by atoms with van der Waals surface area (Å²) in [5, 5.41) is 5.63. The van der Waals surface area contributed by atoms with Gasteiger partial charge in [0.05, 0.1) is 7.11 Å². The summed E-state index contributed by atoms with van der Waals surface area (Å²) in [6.45, 7) is 6.40. The van der Waals surface area contributed by atoms with Crippen molar-refractivity contribution in [2.45, 2.75) is 33.6 Å². The topological polar surface area (TPSA) is 67.4 Å². The fourth-order valence-corrected chi connectivity index (χ4v) is 2.91. The number of rotatable bonds is 7. The highest BCUT2D eigenvalue weighted by Crippen LogP contribution is 2.22. The molecule has 0 aromatic heterocycles. The second-order valence-corrected chi connectivity index (χ2v) is 6.45. The van der Waals surface area contributed by atoms with Crippen LogP contribution in [-0.4, -0.2) is 25.5 Å². The fourth-order valence-electron chi connectivity index (χ4n) is 2.91. The third-order valence-corrected chi connectivity index (χ3v) is 4.16. The van der Waals surface area contributed by atoms with Crippen molar-refractivity contribution in [2.24, 2.45) is 0 Å². The lowest BCUT2D eigenvalue weighted by atomic mass is 10.0. The molecule has 5 nitrogen and oxygen atoms in total. The van der Waals surface area contributed by atoms with E-state index in [-0.39, 0.29) is 18.2 Å². The molecule has 2 rings (SSSR count). The number of methoxy groups -OCH3 is 1. The van der Waals surface area contributed by atoms with Crippen LogP contribution in [0.25, 0.3) is 0 Å². The fraction of sp³-hybridized carbons (Fsp3) is 0.333. The highest BCUT2D eigenvalue weighted by Gasteiger charge is 2.12. The van der Waals surface area contributed by atoms with Gasteiger partial charge < -0.3 is 15.4 Å². The van der Waals surface area contributed by atoms with E-state index >= 15 is 0 Å². The summed E-state index contributed by atoms with van der Waals surface area (Å²) in [5.41, 5.74) is 5.02. The lowest BCUT2D eigenvalue weighted by Crippen LogP contribution is -2.30. The van der Waals surface area contributed by atoms with Crippen molar-refractivity contribution < 1.29 is 14.3 Å². The van der Waals surface area contributed by atoms with E-state index < -0.39 is 0 Å². The van der Waals surface area contributed by atoms with Crippen LogP contribution in [0.1, 0.15) is 28.7 Å². The summed E-state index contributed by atoms with van der Waals surface area (Å²) < 4.78 is 5.11. The maximum atomic E-state index is 12.1. The number of anilines is 1. The molecule has 0 bridgehead atoms. The van der Waals surface area contributed by atoms with Gasteiger partial charge in [0.15, 0.2) is 0 Å². The van der Waals surface area contributed by atoms with E-state index in [0.717, 1.165) is 33.7 Å². The molecule has 138 valence electrons. The summed E-state index contributed by atoms with van der Waals surface area (Å²) >= 11 is 0. The Kier molecular flexibility index (Phi) is 6.78. The van der Waals surface area contributed by atoms with Crippen LogP contribution >= 0.6 is 0 Å². The lowest BCUT2D eigenvalue weighted by molar-refractivity contribution is -0.126. The highest BCUT2D eigenvalue weighted by molar-refractivity contribution is 6.04. The summed E-state index contributed by atoms with van der Waals surface area (Å²) in [4.78, 5) is 24.1. The molecular formula is C21H26N2O3. The van der Waals surface area contributed by atoms with Crippen molar-refractivity contribution in [1.82, 2.24) is 5.32 Å². The van der Waals surface area contributed by atoms with Gasteiger partial charge in [0.1, 0.15) is 12.2 Å². The van der Waals surface area contributed by atoms with E-state index in [2.05, 4.69) is 10.6 Å². The SMILES string of the molecule is COc1ccc(CCNC(=O)CC(=O)Nc2c(C)cc(C)cc2C)cc1. The Morgan fingerprint density at radius 2 is 1.58 bits per heavy atom. The Hall–Kier alpha value is -2.82. The normalized spacial score (nSPS) is 10.3. The average Bonchev–Trinajstić information content (AvgIpc) is 2.58. The van der Waals surface area contributed by atoms with E-state index in [0.29, 0.717) is 13.0 Å². The van der Waals surface area contributed by atoms with Crippen molar-refractivity contribution in [2.75, 3.05) is 19.0 Å². The van der Waals surface area contributed by atoms with Crippen LogP contribution in [-0.2, 0) is 16.0 Å². The Balaban J connectivity index is 1.79. The van der Waals surface area contributed by atoms with Gasteiger partial charge in [-0.1, -0.05) is 29.8 Å². The molecule has 0 saturated carbocycles. The van der Waals surface area contributed by atoms with Gasteiger partial charge in [0.2, 0.25) is 11.8 Å². The quantitative estimate of drug-likeness (QED) is 0.750. The Morgan fingerprint density at radius 3 is 2.15 bits per heavy atom. The van der Waals surface area contributed by atoms with Crippen LogP contribution in [0.15, 0.2) is 36.4 Å². The van der Waals surface area contributed by atoms with Gasteiger partial charge in [-0.15, -0.1) is 0 Å². The predicted octanol–water partition coefficient (Wildman–Crippen LogP) is 3.31. The second-order valence-electron chi connectivity index (χ2n) is 6.45. The molecule has 0 saturated heterocycles. The maximum absolute atomic E-state index is 12.1. The number of carbonyl (C=O) groups excluding carboxylic acids is 2. The number of benzene rings is 2. The predicted molar refractivity (Wildman–Crippen MR) is 104 cm³/mol. The van der Waals surface area contributed by atoms with Crippen LogP contribution in [0.4, 0.5) is 5.69 Å². The van der Waals surface area contributed by atoms with Gasteiger partial charge in [0.25, 0.3) is 0 Å².